The normalized spacial score (nSPS) is 11.9. The molecule has 0 fully saturated rings. The smallest absolute Gasteiger partial charge is 0.264 e. The van der Waals surface area contributed by atoms with Crippen molar-refractivity contribution < 1.29 is 17.2 Å². The average Bonchev–Trinajstić information content (AvgIpc) is 2.75. The van der Waals surface area contributed by atoms with Gasteiger partial charge in [0.2, 0.25) is 0 Å². The van der Waals surface area contributed by atoms with Gasteiger partial charge in [-0.25, -0.2) is 0 Å². The molecule has 0 aliphatic carbocycles. The Bertz CT molecular complexity index is 428. The van der Waals surface area contributed by atoms with Crippen molar-refractivity contribution in [2.45, 2.75) is 161 Å². The summed E-state index contributed by atoms with van der Waals surface area (Å²) >= 11 is 0. The van der Waals surface area contributed by atoms with E-state index in [1.54, 1.807) is 0 Å². The van der Waals surface area contributed by atoms with Crippen molar-refractivity contribution in [3.63, 3.8) is 0 Å². The molecule has 0 aromatic heterocycles. The van der Waals surface area contributed by atoms with Gasteiger partial charge in [-0.2, -0.15) is 8.42 Å². The Morgan fingerprint density at radius 2 is 0.812 bits per heavy atom. The molecule has 0 aromatic carbocycles. The van der Waals surface area contributed by atoms with Crippen LogP contribution in [0.5, 0.6) is 0 Å². The van der Waals surface area contributed by atoms with E-state index in [0.29, 0.717) is 5.16 Å². The maximum Gasteiger partial charge on any atom is 0.397 e. The van der Waals surface area contributed by atoms with Gasteiger partial charge in [0, 0.05) is 0 Å². The molecule has 1 atom stereocenters. The lowest BCUT2D eigenvalue weighted by atomic mass is 9.88. The van der Waals surface area contributed by atoms with Gasteiger partial charge in [-0.1, -0.05) is 136 Å². The number of hydrogen-bond donors (Lipinski definition) is 1. The van der Waals surface area contributed by atoms with E-state index >= 15 is 0 Å². The van der Waals surface area contributed by atoms with E-state index in [1.807, 2.05) is 0 Å². The Morgan fingerprint density at radius 1 is 0.594 bits per heavy atom. The summed E-state index contributed by atoms with van der Waals surface area (Å²) in [6.07, 6.45) is 30.2. The molecule has 0 aliphatic heterocycles. The zero-order valence-electron chi connectivity index (χ0n) is 22.0. The molecule has 1 N–H and O–H groups in total. The van der Waals surface area contributed by atoms with E-state index in [0.717, 1.165) is 7.11 Å². The maximum atomic E-state index is 9.33. The highest BCUT2D eigenvalue weighted by Crippen LogP contribution is 2.37. The van der Waals surface area contributed by atoms with Crippen LogP contribution in [0.15, 0.2) is 0 Å². The first kappa shape index (κ1) is 34.5. The minimum Gasteiger partial charge on any atom is -0.264 e. The molecule has 1 unspecified atom stereocenters. The predicted octanol–water partition coefficient (Wildman–Crippen LogP) is 9.29. The standard InChI is InChI=1S/C25H53P.CH4O4S/c1-4-7-10-13-16-19-22-25(26,23-20-17-14-11-8-5-2)24-21-18-15-12-9-6-3;1-5-6(2,3)4/h4-24,26H2,1-3H3;1H3,(H,2,3,4). The van der Waals surface area contributed by atoms with Crippen LogP contribution in [0.4, 0.5) is 0 Å². The van der Waals surface area contributed by atoms with Crippen molar-refractivity contribution in [1.29, 1.82) is 0 Å². The average molecular weight is 497 g/mol. The summed E-state index contributed by atoms with van der Waals surface area (Å²) in [6, 6.07) is 0. The fraction of sp³-hybridized carbons (Fsp3) is 1.00. The molecule has 0 heterocycles. The zero-order chi connectivity index (χ0) is 24.6. The molecule has 0 spiro atoms. The van der Waals surface area contributed by atoms with Gasteiger partial charge in [0.25, 0.3) is 0 Å². The first-order valence-electron chi connectivity index (χ1n) is 13.6. The van der Waals surface area contributed by atoms with E-state index in [1.165, 1.54) is 135 Å². The molecule has 32 heavy (non-hydrogen) atoms. The third-order valence-electron chi connectivity index (χ3n) is 6.30. The highest BCUT2D eigenvalue weighted by atomic mass is 32.3. The predicted molar refractivity (Wildman–Crippen MR) is 145 cm³/mol. The van der Waals surface area contributed by atoms with Crippen LogP contribution in [0.3, 0.4) is 0 Å². The Morgan fingerprint density at radius 3 is 1.03 bits per heavy atom. The van der Waals surface area contributed by atoms with Crippen LogP contribution >= 0.6 is 9.24 Å². The van der Waals surface area contributed by atoms with Gasteiger partial charge in [-0.05, 0) is 24.4 Å². The van der Waals surface area contributed by atoms with Crippen molar-refractivity contribution >= 4 is 19.6 Å². The second-order valence-electron chi connectivity index (χ2n) is 9.51. The van der Waals surface area contributed by atoms with Gasteiger partial charge in [-0.15, -0.1) is 9.24 Å². The summed E-state index contributed by atoms with van der Waals surface area (Å²) in [5.74, 6) is 0. The Labute approximate surface area is 204 Å². The summed E-state index contributed by atoms with van der Waals surface area (Å²) in [6.45, 7) is 6.94. The van der Waals surface area contributed by atoms with Crippen LogP contribution in [-0.4, -0.2) is 25.2 Å². The second-order valence-corrected chi connectivity index (χ2v) is 11.9. The van der Waals surface area contributed by atoms with Gasteiger partial charge in [0.1, 0.15) is 0 Å². The van der Waals surface area contributed by atoms with Crippen molar-refractivity contribution in [1.82, 2.24) is 0 Å². The lowest BCUT2D eigenvalue weighted by Gasteiger charge is -2.30. The summed E-state index contributed by atoms with van der Waals surface area (Å²) in [5.41, 5.74) is 0. The topological polar surface area (TPSA) is 63.6 Å². The molecule has 0 bridgehead atoms. The van der Waals surface area contributed by atoms with E-state index in [2.05, 4.69) is 34.2 Å². The van der Waals surface area contributed by atoms with E-state index in [-0.39, 0.29) is 0 Å². The van der Waals surface area contributed by atoms with E-state index < -0.39 is 10.4 Å². The monoisotopic (exact) mass is 496 g/mol. The molecule has 0 saturated heterocycles. The van der Waals surface area contributed by atoms with Crippen molar-refractivity contribution in [3.8, 4) is 0 Å². The minimum absolute atomic E-state index is 0.556. The third kappa shape index (κ3) is 28.3. The second kappa shape index (κ2) is 24.4. The molecule has 0 aliphatic rings. The minimum atomic E-state index is -4.16. The van der Waals surface area contributed by atoms with Crippen LogP contribution in [0.2, 0.25) is 0 Å². The summed E-state index contributed by atoms with van der Waals surface area (Å²) in [5, 5.41) is 0.556. The van der Waals surface area contributed by atoms with Gasteiger partial charge in [0.15, 0.2) is 0 Å². The lowest BCUT2D eigenvalue weighted by molar-refractivity contribution is 0.324. The Hall–Kier alpha value is 0.300. The lowest BCUT2D eigenvalue weighted by Crippen LogP contribution is -2.20. The molecular weight excluding hydrogens is 439 g/mol. The quantitative estimate of drug-likeness (QED) is 0.0921. The molecule has 0 radical (unpaired) electrons. The molecular formula is C26H57O4PS. The maximum absolute atomic E-state index is 9.33. The van der Waals surface area contributed by atoms with Gasteiger partial charge in [0.05, 0.1) is 7.11 Å². The van der Waals surface area contributed by atoms with Gasteiger partial charge in [-0.3, -0.25) is 8.74 Å². The van der Waals surface area contributed by atoms with Gasteiger partial charge >= 0.3 is 10.4 Å². The molecule has 196 valence electrons. The number of unbranched alkanes of at least 4 members (excludes halogenated alkanes) is 15. The SMILES string of the molecule is CCCCCCCCC(P)(CCCCCCCC)CCCCCCCC.COS(=O)(=O)O. The summed E-state index contributed by atoms with van der Waals surface area (Å²) in [4.78, 5) is 0. The molecule has 6 heteroatoms. The van der Waals surface area contributed by atoms with Gasteiger partial charge < -0.3 is 0 Å². The number of rotatable bonds is 22. The zero-order valence-corrected chi connectivity index (χ0v) is 24.0. The Balaban J connectivity index is 0. The van der Waals surface area contributed by atoms with Crippen molar-refractivity contribution in [3.05, 3.63) is 0 Å². The Kier molecular flexibility index (Phi) is 26.3. The first-order valence-corrected chi connectivity index (χ1v) is 15.5. The van der Waals surface area contributed by atoms with Crippen LogP contribution in [0, 0.1) is 0 Å². The summed E-state index contributed by atoms with van der Waals surface area (Å²) < 4.78 is 29.7. The molecule has 0 aromatic rings. The van der Waals surface area contributed by atoms with Crippen LogP contribution in [0.25, 0.3) is 0 Å². The molecule has 0 amide bonds. The fourth-order valence-electron chi connectivity index (χ4n) is 4.15. The number of hydrogen-bond acceptors (Lipinski definition) is 3. The van der Waals surface area contributed by atoms with Crippen molar-refractivity contribution in [2.75, 3.05) is 7.11 Å². The summed E-state index contributed by atoms with van der Waals surface area (Å²) in [7, 11) is 0.0469. The fourth-order valence-corrected chi connectivity index (χ4v) is 4.76. The van der Waals surface area contributed by atoms with Crippen LogP contribution in [-0.2, 0) is 14.6 Å². The van der Waals surface area contributed by atoms with Crippen LogP contribution < -0.4 is 0 Å². The molecule has 0 saturated carbocycles. The van der Waals surface area contributed by atoms with E-state index in [4.69, 9.17) is 4.55 Å². The first-order chi connectivity index (χ1) is 15.2. The van der Waals surface area contributed by atoms with Crippen molar-refractivity contribution in [2.24, 2.45) is 0 Å². The third-order valence-corrected chi connectivity index (χ3v) is 7.58. The van der Waals surface area contributed by atoms with Crippen LogP contribution in [0.1, 0.15) is 156 Å². The highest BCUT2D eigenvalue weighted by Gasteiger charge is 2.23. The molecule has 4 nitrogen and oxygen atoms in total. The van der Waals surface area contributed by atoms with E-state index in [9.17, 15) is 8.42 Å². The molecule has 0 rings (SSSR count). The largest absolute Gasteiger partial charge is 0.397 e. The highest BCUT2D eigenvalue weighted by molar-refractivity contribution is 7.80.